The van der Waals surface area contributed by atoms with E-state index in [1.54, 1.807) is 26.8 Å². The number of hydrogen-bond donors (Lipinski definition) is 1. The predicted octanol–water partition coefficient (Wildman–Crippen LogP) is 4.57. The van der Waals surface area contributed by atoms with Crippen LogP contribution in [0.15, 0.2) is 48.9 Å². The van der Waals surface area contributed by atoms with Crippen molar-refractivity contribution in [1.82, 2.24) is 9.55 Å². The number of allylic oxidation sites excluding steroid dienone is 1. The molecule has 190 valence electrons. The molecule has 0 spiro atoms. The molecule has 0 saturated heterocycles. The van der Waals surface area contributed by atoms with Crippen LogP contribution < -0.4 is 0 Å². The summed E-state index contributed by atoms with van der Waals surface area (Å²) >= 11 is 0. The molecule has 13 heteroatoms. The zero-order chi connectivity index (χ0) is 26.9. The van der Waals surface area contributed by atoms with Crippen LogP contribution in [0.3, 0.4) is 0 Å². The van der Waals surface area contributed by atoms with E-state index in [1.165, 1.54) is 36.5 Å². The Kier molecular flexibility index (Phi) is 7.15. The molecule has 9 nitrogen and oxygen atoms in total. The Labute approximate surface area is 204 Å². The molecule has 0 saturated carbocycles. The Morgan fingerprint density at radius 1 is 1.22 bits per heavy atom. The molecule has 0 atom stereocenters. The Hall–Kier alpha value is -3.89. The van der Waals surface area contributed by atoms with E-state index in [-0.39, 0.29) is 22.0 Å². The van der Waals surface area contributed by atoms with Gasteiger partial charge in [-0.05, 0) is 50.6 Å². The number of hydrogen-bond acceptors (Lipinski definition) is 8. The number of nitriles is 1. The molecular weight excluding hydrogens is 503 g/mol. The molecule has 2 aromatic heterocycles. The summed E-state index contributed by atoms with van der Waals surface area (Å²) < 4.78 is 74.1. The van der Waals surface area contributed by atoms with Crippen LogP contribution in [-0.4, -0.2) is 40.3 Å². The topological polar surface area (TPSA) is 132 Å². The van der Waals surface area contributed by atoms with Crippen LogP contribution in [-0.2, 0) is 25.6 Å². The van der Waals surface area contributed by atoms with Gasteiger partial charge in [-0.2, -0.15) is 26.9 Å². The fourth-order valence-corrected chi connectivity index (χ4v) is 3.65. The number of aromatic nitrogens is 2. The Bertz CT molecular complexity index is 1480. The van der Waals surface area contributed by atoms with Crippen molar-refractivity contribution in [2.45, 2.75) is 38.5 Å². The van der Waals surface area contributed by atoms with Crippen molar-refractivity contribution in [3.63, 3.8) is 0 Å². The molecule has 0 aliphatic heterocycles. The van der Waals surface area contributed by atoms with Gasteiger partial charge in [0.2, 0.25) is 0 Å². The van der Waals surface area contributed by atoms with Crippen molar-refractivity contribution in [2.24, 2.45) is 0 Å². The van der Waals surface area contributed by atoms with Crippen molar-refractivity contribution in [1.29, 1.82) is 5.26 Å². The van der Waals surface area contributed by atoms with Crippen LogP contribution in [0, 0.1) is 11.3 Å². The molecule has 0 aliphatic carbocycles. The largest absolute Gasteiger partial charge is 0.534 e. The lowest BCUT2D eigenvalue weighted by Crippen LogP contribution is -2.26. The van der Waals surface area contributed by atoms with Crippen molar-refractivity contribution in [2.75, 3.05) is 0 Å². The van der Waals surface area contributed by atoms with E-state index in [9.17, 15) is 36.8 Å². The summed E-state index contributed by atoms with van der Waals surface area (Å²) in [5.41, 5.74) is -7.14. The Morgan fingerprint density at radius 2 is 1.92 bits per heavy atom. The molecule has 0 aliphatic rings. The summed E-state index contributed by atoms with van der Waals surface area (Å²) in [5, 5.41) is 19.7. The summed E-state index contributed by atoms with van der Waals surface area (Å²) in [6, 6.07) is 8.55. The van der Waals surface area contributed by atoms with Crippen LogP contribution in [0.1, 0.15) is 37.5 Å². The molecule has 36 heavy (non-hydrogen) atoms. The van der Waals surface area contributed by atoms with Gasteiger partial charge in [0.05, 0.1) is 12.1 Å². The van der Waals surface area contributed by atoms with E-state index in [2.05, 4.69) is 9.17 Å². The number of pyridine rings is 1. The summed E-state index contributed by atoms with van der Waals surface area (Å²) in [6.45, 7) is 4.45. The normalized spacial score (nSPS) is 13.2. The number of carbonyl (C=O) groups excluding carboxylic acids is 1. The third-order valence-corrected chi connectivity index (χ3v) is 5.60. The molecule has 3 rings (SSSR count). The molecule has 2 heterocycles. The van der Waals surface area contributed by atoms with Gasteiger partial charge >= 0.3 is 21.7 Å². The minimum atomic E-state index is -6.18. The average molecular weight is 523 g/mol. The maximum absolute atomic E-state index is 13.2. The highest BCUT2D eigenvalue weighted by Gasteiger charge is 2.49. The number of rotatable bonds is 5. The molecule has 0 unspecified atom stereocenters. The van der Waals surface area contributed by atoms with Crippen molar-refractivity contribution >= 4 is 38.4 Å². The van der Waals surface area contributed by atoms with E-state index in [1.807, 2.05) is 0 Å². The molecule has 1 N–H and O–H groups in total. The van der Waals surface area contributed by atoms with Crippen LogP contribution in [0.5, 0.6) is 0 Å². The molecule has 3 aromatic rings. The fraction of sp³-hybridized carbons (Fsp3) is 0.261. The second-order valence-electron chi connectivity index (χ2n) is 8.44. The third-order valence-electron chi connectivity index (χ3n) is 4.65. The second-order valence-corrected chi connectivity index (χ2v) is 9.98. The zero-order valence-corrected chi connectivity index (χ0v) is 20.0. The Balaban J connectivity index is 2.39. The van der Waals surface area contributed by atoms with Gasteiger partial charge in [-0.3, -0.25) is 9.55 Å². The van der Waals surface area contributed by atoms with Gasteiger partial charge in [0, 0.05) is 35.1 Å². The minimum absolute atomic E-state index is 0.134. The first-order valence-electron chi connectivity index (χ1n) is 10.2. The minimum Gasteiger partial charge on any atom is -0.443 e. The molecule has 0 bridgehead atoms. The van der Waals surface area contributed by atoms with Crippen molar-refractivity contribution < 1.29 is 40.4 Å². The highest BCUT2D eigenvalue weighted by atomic mass is 32.2. The molecular formula is C23H20F3N3O6S. The van der Waals surface area contributed by atoms with Gasteiger partial charge in [0.1, 0.15) is 17.2 Å². The number of ether oxygens (including phenoxy) is 1. The van der Waals surface area contributed by atoms with Gasteiger partial charge in [0.25, 0.3) is 0 Å². The Morgan fingerprint density at radius 3 is 2.44 bits per heavy atom. The highest BCUT2D eigenvalue weighted by molar-refractivity contribution is 7.87. The number of benzene rings is 1. The monoisotopic (exact) mass is 523 g/mol. The fourth-order valence-electron chi connectivity index (χ4n) is 3.16. The van der Waals surface area contributed by atoms with E-state index in [0.717, 1.165) is 17.0 Å². The van der Waals surface area contributed by atoms with Crippen LogP contribution >= 0.6 is 0 Å². The summed E-state index contributed by atoms with van der Waals surface area (Å²) in [5.74, 6) is -0.944. The molecule has 0 radical (unpaired) electrons. The van der Waals surface area contributed by atoms with Gasteiger partial charge < -0.3 is 14.0 Å². The third kappa shape index (κ3) is 5.50. The number of nitrogens with zero attached hydrogens (tertiary/aromatic N) is 3. The van der Waals surface area contributed by atoms with Gasteiger partial charge in [-0.1, -0.05) is 6.07 Å². The number of aliphatic hydroxyl groups is 1. The number of halogens is 3. The predicted molar refractivity (Wildman–Crippen MR) is 122 cm³/mol. The first-order chi connectivity index (χ1) is 16.7. The lowest BCUT2D eigenvalue weighted by Gasteiger charge is -2.19. The molecule has 0 fully saturated rings. The standard InChI is InChI=1S/C23H20F3N3O6S/c1-22(2,3)34-21(31)29-12-18(16-9-14(13-30)6-7-19(16)29)17(10-27)20(15-5-4-8-28-11-15)35-36(32,33)23(24,25)26/h4-9,11-12,30H,13H2,1-3H3/b20-17-. The number of alkyl halides is 3. The van der Waals surface area contributed by atoms with Crippen LogP contribution in [0.4, 0.5) is 18.0 Å². The highest BCUT2D eigenvalue weighted by Crippen LogP contribution is 2.37. The van der Waals surface area contributed by atoms with E-state index >= 15 is 0 Å². The second kappa shape index (κ2) is 9.63. The number of fused-ring (bicyclic) bond motifs is 1. The quantitative estimate of drug-likeness (QED) is 0.223. The van der Waals surface area contributed by atoms with Crippen molar-refractivity contribution in [3.05, 3.63) is 65.6 Å². The average Bonchev–Trinajstić information content (AvgIpc) is 3.16. The van der Waals surface area contributed by atoms with Gasteiger partial charge in [-0.25, -0.2) is 4.79 Å². The zero-order valence-electron chi connectivity index (χ0n) is 19.2. The van der Waals surface area contributed by atoms with Gasteiger partial charge in [0.15, 0.2) is 5.76 Å². The molecule has 1 aromatic carbocycles. The van der Waals surface area contributed by atoms with Crippen molar-refractivity contribution in [3.8, 4) is 6.07 Å². The van der Waals surface area contributed by atoms with Gasteiger partial charge in [-0.15, -0.1) is 0 Å². The van der Waals surface area contributed by atoms with Crippen LogP contribution in [0.25, 0.3) is 22.2 Å². The maximum atomic E-state index is 13.2. The summed E-state index contributed by atoms with van der Waals surface area (Å²) in [6.07, 6.45) is 2.57. The number of carbonyl (C=O) groups is 1. The lowest BCUT2D eigenvalue weighted by molar-refractivity contribution is -0.0509. The SMILES string of the molecule is CC(C)(C)OC(=O)n1cc(/C(C#N)=C(\OS(=O)(=O)C(F)(F)F)c2cccnc2)c2cc(CO)ccc21. The molecule has 0 amide bonds. The van der Waals surface area contributed by atoms with E-state index in [4.69, 9.17) is 4.74 Å². The van der Waals surface area contributed by atoms with Crippen LogP contribution in [0.2, 0.25) is 0 Å². The van der Waals surface area contributed by atoms with E-state index in [0.29, 0.717) is 5.56 Å². The smallest absolute Gasteiger partial charge is 0.443 e. The first-order valence-corrected chi connectivity index (χ1v) is 11.6. The lowest BCUT2D eigenvalue weighted by atomic mass is 10.0. The summed E-state index contributed by atoms with van der Waals surface area (Å²) in [7, 11) is -6.18. The number of aliphatic hydroxyl groups excluding tert-OH is 1. The van der Waals surface area contributed by atoms with E-state index < -0.39 is 45.3 Å². The first kappa shape index (κ1) is 26.7. The summed E-state index contributed by atoms with van der Waals surface area (Å²) in [4.78, 5) is 16.6. The maximum Gasteiger partial charge on any atom is 0.534 e.